The van der Waals surface area contributed by atoms with Crippen molar-refractivity contribution < 1.29 is 9.18 Å². The van der Waals surface area contributed by atoms with Gasteiger partial charge in [-0.05, 0) is 36.8 Å². The molecule has 28 heavy (non-hydrogen) atoms. The van der Waals surface area contributed by atoms with Gasteiger partial charge in [0.05, 0.1) is 0 Å². The number of halogens is 3. The van der Waals surface area contributed by atoms with E-state index in [1.807, 2.05) is 6.92 Å². The van der Waals surface area contributed by atoms with Crippen LogP contribution in [0.4, 0.5) is 10.1 Å². The number of carbonyl (C=O) groups excluding carboxylic acids is 1. The number of nitrogens with one attached hydrogen (secondary N) is 1. The van der Waals surface area contributed by atoms with Gasteiger partial charge >= 0.3 is 0 Å². The molecule has 0 spiro atoms. The molecule has 1 N–H and O–H groups in total. The molecule has 2 aromatic carbocycles. The molecule has 0 bridgehead atoms. The minimum Gasteiger partial charge on any atom is -0.324 e. The molecule has 1 aromatic heterocycles. The highest BCUT2D eigenvalue weighted by molar-refractivity contribution is 6.35. The Morgan fingerprint density at radius 2 is 1.86 bits per heavy atom. The molecule has 5 nitrogen and oxygen atoms in total. The van der Waals surface area contributed by atoms with Gasteiger partial charge in [-0.1, -0.05) is 42.3 Å². The summed E-state index contributed by atoms with van der Waals surface area (Å²) >= 11 is 11.9. The number of rotatable bonds is 5. The van der Waals surface area contributed by atoms with Gasteiger partial charge in [0.1, 0.15) is 18.2 Å². The maximum atomic E-state index is 13.7. The quantitative estimate of drug-likeness (QED) is 0.659. The average Bonchev–Trinajstić information content (AvgIpc) is 2.62. The van der Waals surface area contributed by atoms with Crippen LogP contribution in [0.5, 0.6) is 0 Å². The van der Waals surface area contributed by atoms with E-state index in [1.54, 1.807) is 24.3 Å². The van der Waals surface area contributed by atoms with Crippen molar-refractivity contribution in [3.8, 4) is 11.4 Å². The van der Waals surface area contributed by atoms with Crippen molar-refractivity contribution in [2.75, 3.05) is 5.32 Å². The van der Waals surface area contributed by atoms with E-state index in [2.05, 4.69) is 10.3 Å². The van der Waals surface area contributed by atoms with Crippen molar-refractivity contribution in [1.29, 1.82) is 0 Å². The molecule has 0 unspecified atom stereocenters. The summed E-state index contributed by atoms with van der Waals surface area (Å²) in [5.74, 6) is -0.703. The third-order valence-corrected chi connectivity index (χ3v) is 4.39. The van der Waals surface area contributed by atoms with Crippen molar-refractivity contribution >= 4 is 34.8 Å². The van der Waals surface area contributed by atoms with Crippen LogP contribution in [0.15, 0.2) is 53.3 Å². The summed E-state index contributed by atoms with van der Waals surface area (Å²) in [5, 5.41) is 3.39. The van der Waals surface area contributed by atoms with Gasteiger partial charge in [-0.2, -0.15) is 0 Å². The third-order valence-electron chi connectivity index (χ3n) is 3.95. The van der Waals surface area contributed by atoms with Gasteiger partial charge in [0.25, 0.3) is 5.56 Å². The van der Waals surface area contributed by atoms with Crippen molar-refractivity contribution in [2.45, 2.75) is 19.9 Å². The van der Waals surface area contributed by atoms with Crippen LogP contribution in [0.3, 0.4) is 0 Å². The topological polar surface area (TPSA) is 64.0 Å². The fourth-order valence-electron chi connectivity index (χ4n) is 2.71. The SMILES string of the molecule is CCc1cc(=O)n(CC(=O)Nc2cc(Cl)cc(Cl)c2)c(-c2cccc(F)c2)n1. The highest BCUT2D eigenvalue weighted by atomic mass is 35.5. The highest BCUT2D eigenvalue weighted by Crippen LogP contribution is 2.23. The van der Waals surface area contributed by atoms with Crippen LogP contribution in [-0.4, -0.2) is 15.5 Å². The van der Waals surface area contributed by atoms with Crippen LogP contribution in [0.25, 0.3) is 11.4 Å². The van der Waals surface area contributed by atoms with Crippen LogP contribution >= 0.6 is 23.2 Å². The second-order valence-electron chi connectivity index (χ2n) is 6.07. The molecule has 144 valence electrons. The number of aromatic nitrogens is 2. The number of benzene rings is 2. The first-order valence-electron chi connectivity index (χ1n) is 8.48. The number of anilines is 1. The largest absolute Gasteiger partial charge is 0.324 e. The molecule has 0 fully saturated rings. The lowest BCUT2D eigenvalue weighted by Crippen LogP contribution is -2.30. The molecule has 1 amide bonds. The summed E-state index contributed by atoms with van der Waals surface area (Å²) in [7, 11) is 0. The van der Waals surface area contributed by atoms with Gasteiger partial charge in [0.15, 0.2) is 0 Å². The first-order valence-corrected chi connectivity index (χ1v) is 9.24. The van der Waals surface area contributed by atoms with Crippen LogP contribution in [-0.2, 0) is 17.8 Å². The van der Waals surface area contributed by atoms with Gasteiger partial charge in [-0.15, -0.1) is 0 Å². The second kappa shape index (κ2) is 8.54. The molecular weight excluding hydrogens is 404 g/mol. The van der Waals surface area contributed by atoms with Crippen molar-refractivity contribution in [1.82, 2.24) is 9.55 Å². The minimum atomic E-state index is -0.468. The van der Waals surface area contributed by atoms with E-state index in [4.69, 9.17) is 23.2 Å². The summed E-state index contributed by atoms with van der Waals surface area (Å²) in [4.78, 5) is 29.5. The Hall–Kier alpha value is -2.70. The zero-order chi connectivity index (χ0) is 20.3. The van der Waals surface area contributed by atoms with E-state index < -0.39 is 17.3 Å². The van der Waals surface area contributed by atoms with Gasteiger partial charge in [-0.25, -0.2) is 9.37 Å². The molecule has 0 aliphatic carbocycles. The Labute approximate surface area is 170 Å². The molecule has 0 aliphatic heterocycles. The molecule has 0 saturated carbocycles. The molecule has 8 heteroatoms. The van der Waals surface area contributed by atoms with Crippen molar-refractivity contribution in [3.05, 3.63) is 80.4 Å². The summed E-state index contributed by atoms with van der Waals surface area (Å²) in [6, 6.07) is 11.7. The molecular formula is C20H16Cl2FN3O2. The van der Waals surface area contributed by atoms with E-state index in [1.165, 1.54) is 28.8 Å². The van der Waals surface area contributed by atoms with E-state index in [-0.39, 0.29) is 12.4 Å². The molecule has 0 radical (unpaired) electrons. The molecule has 0 saturated heterocycles. The fourth-order valence-corrected chi connectivity index (χ4v) is 3.23. The predicted octanol–water partition coefficient (Wildman–Crippen LogP) is 4.56. The number of hydrogen-bond donors (Lipinski definition) is 1. The Kier molecular flexibility index (Phi) is 6.11. The third kappa shape index (κ3) is 4.77. The van der Waals surface area contributed by atoms with Crippen molar-refractivity contribution in [2.24, 2.45) is 0 Å². The van der Waals surface area contributed by atoms with E-state index >= 15 is 0 Å². The lowest BCUT2D eigenvalue weighted by molar-refractivity contribution is -0.116. The molecule has 0 atom stereocenters. The second-order valence-corrected chi connectivity index (χ2v) is 6.94. The van der Waals surface area contributed by atoms with Gasteiger partial charge < -0.3 is 5.32 Å². The molecule has 3 rings (SSSR count). The number of aryl methyl sites for hydroxylation is 1. The number of nitrogens with zero attached hydrogens (tertiary/aromatic N) is 2. The average molecular weight is 420 g/mol. The standard InChI is InChI=1S/C20H16Cl2FN3O2/c1-2-16-10-19(28)26(20(25-16)12-4-3-5-15(23)6-12)11-18(27)24-17-8-13(21)7-14(22)9-17/h3-10H,2,11H2,1H3,(H,24,27). The lowest BCUT2D eigenvalue weighted by atomic mass is 10.2. The van der Waals surface area contributed by atoms with Crippen LogP contribution in [0.2, 0.25) is 10.0 Å². The Balaban J connectivity index is 1.96. The van der Waals surface area contributed by atoms with Crippen molar-refractivity contribution in [3.63, 3.8) is 0 Å². The first-order chi connectivity index (χ1) is 13.4. The number of carbonyl (C=O) groups is 1. The molecule has 3 aromatic rings. The maximum absolute atomic E-state index is 13.7. The monoisotopic (exact) mass is 419 g/mol. The summed E-state index contributed by atoms with van der Waals surface area (Å²) in [6.07, 6.45) is 0.533. The number of amides is 1. The molecule has 0 aliphatic rings. The highest BCUT2D eigenvalue weighted by Gasteiger charge is 2.15. The summed E-state index contributed by atoms with van der Waals surface area (Å²) in [6.45, 7) is 1.56. The Bertz CT molecular complexity index is 1080. The van der Waals surface area contributed by atoms with Crippen LogP contribution in [0.1, 0.15) is 12.6 Å². The molecule has 1 heterocycles. The minimum absolute atomic E-state index is 0.225. The zero-order valence-electron chi connectivity index (χ0n) is 14.9. The zero-order valence-corrected chi connectivity index (χ0v) is 16.4. The smallest absolute Gasteiger partial charge is 0.254 e. The van der Waals surface area contributed by atoms with Crippen LogP contribution < -0.4 is 10.9 Å². The first kappa shape index (κ1) is 20.0. The van der Waals surface area contributed by atoms with E-state index in [0.29, 0.717) is 33.4 Å². The summed E-state index contributed by atoms with van der Waals surface area (Å²) in [5.41, 5.74) is 0.972. The van der Waals surface area contributed by atoms with Gasteiger partial charge in [-0.3, -0.25) is 14.2 Å². The summed E-state index contributed by atoms with van der Waals surface area (Å²) < 4.78 is 14.9. The lowest BCUT2D eigenvalue weighted by Gasteiger charge is -2.14. The number of hydrogen-bond acceptors (Lipinski definition) is 3. The van der Waals surface area contributed by atoms with E-state index in [0.717, 1.165) is 0 Å². The van der Waals surface area contributed by atoms with E-state index in [9.17, 15) is 14.0 Å². The Morgan fingerprint density at radius 1 is 1.14 bits per heavy atom. The van der Waals surface area contributed by atoms with Gasteiger partial charge in [0, 0.05) is 33.1 Å². The predicted molar refractivity (Wildman–Crippen MR) is 108 cm³/mol. The fraction of sp³-hybridized carbons (Fsp3) is 0.150. The van der Waals surface area contributed by atoms with Gasteiger partial charge in [0.2, 0.25) is 5.91 Å². The maximum Gasteiger partial charge on any atom is 0.254 e. The Morgan fingerprint density at radius 3 is 2.50 bits per heavy atom. The normalized spacial score (nSPS) is 10.7. The van der Waals surface area contributed by atoms with Crippen LogP contribution in [0, 0.1) is 5.82 Å².